The van der Waals surface area contributed by atoms with Crippen LogP contribution in [-0.2, 0) is 10.8 Å². The Labute approximate surface area is 145 Å². The second-order valence-corrected chi connectivity index (χ2v) is 6.87. The van der Waals surface area contributed by atoms with Gasteiger partial charge in [0.25, 0.3) is 0 Å². The Hall–Kier alpha value is -0.110. The molecule has 0 radical (unpaired) electrons. The maximum Gasteiger partial charge on any atom is 0.319 e. The van der Waals surface area contributed by atoms with Crippen molar-refractivity contribution < 1.29 is 13.0 Å². The van der Waals surface area contributed by atoms with Crippen LogP contribution in [0.3, 0.4) is 0 Å². The number of alkyl halides is 2. The summed E-state index contributed by atoms with van der Waals surface area (Å²) in [6, 6.07) is 2.65. The molecule has 1 atom stereocenters. The van der Waals surface area contributed by atoms with Gasteiger partial charge in [0.05, 0.1) is 15.7 Å². The zero-order valence-electron chi connectivity index (χ0n) is 9.59. The summed E-state index contributed by atoms with van der Waals surface area (Å²) in [5.74, 6) is -3.18. The van der Waals surface area contributed by atoms with Crippen LogP contribution in [0.4, 0.5) is 8.78 Å². The first-order chi connectivity index (χ1) is 9.73. The quantitative estimate of drug-likeness (QED) is 0.668. The van der Waals surface area contributed by atoms with Crippen LogP contribution in [0.15, 0.2) is 17.3 Å². The molecule has 0 amide bonds. The molecule has 11 heteroatoms. The summed E-state index contributed by atoms with van der Waals surface area (Å²) in [6.45, 7) is 0. The highest BCUT2D eigenvalue weighted by Gasteiger charge is 2.28. The number of hydrogen-bond acceptors (Lipinski definition) is 2. The minimum absolute atomic E-state index is 0.0102. The zero-order chi connectivity index (χ0) is 15.9. The van der Waals surface area contributed by atoms with Gasteiger partial charge in [0.1, 0.15) is 0 Å². The lowest BCUT2D eigenvalue weighted by Gasteiger charge is -2.12. The van der Waals surface area contributed by atoms with Crippen molar-refractivity contribution in [1.82, 2.24) is 9.55 Å². The summed E-state index contributed by atoms with van der Waals surface area (Å²) in [4.78, 5) is 3.58. The first-order valence-corrected chi connectivity index (χ1v) is 8.11. The van der Waals surface area contributed by atoms with Crippen molar-refractivity contribution in [2.75, 3.05) is 0 Å². The Morgan fingerprint density at radius 3 is 2.10 bits per heavy atom. The molecular formula is C10H3Cl5F2N2OS. The van der Waals surface area contributed by atoms with Gasteiger partial charge in [-0.3, -0.25) is 4.57 Å². The van der Waals surface area contributed by atoms with Gasteiger partial charge in [0, 0.05) is 5.02 Å². The van der Waals surface area contributed by atoms with Crippen molar-refractivity contribution in [3.05, 3.63) is 37.5 Å². The van der Waals surface area contributed by atoms with Crippen molar-refractivity contribution in [3.63, 3.8) is 0 Å². The standard InChI is InChI=1S/C10H3Cl5F2N2OS/c11-3-1-4(12)6(5(13)2-3)19-8(15)7(14)18-10(19)21(20)9(16)17/h1-2,9H. The fraction of sp³-hybridized carbons (Fsp3) is 0.100. The van der Waals surface area contributed by atoms with Crippen molar-refractivity contribution in [2.45, 2.75) is 10.9 Å². The average molecular weight is 414 g/mol. The number of imidazole rings is 1. The van der Waals surface area contributed by atoms with Gasteiger partial charge in [-0.15, -0.1) is 0 Å². The van der Waals surface area contributed by atoms with Crippen molar-refractivity contribution >= 4 is 68.8 Å². The van der Waals surface area contributed by atoms with Crippen LogP contribution in [0.1, 0.15) is 0 Å². The molecule has 2 aromatic rings. The third-order valence-corrected chi connectivity index (χ3v) is 4.76. The fourth-order valence-electron chi connectivity index (χ4n) is 1.51. The maximum absolute atomic E-state index is 12.7. The second kappa shape index (κ2) is 6.56. The van der Waals surface area contributed by atoms with E-state index in [2.05, 4.69) is 4.98 Å². The van der Waals surface area contributed by atoms with Crippen LogP contribution in [0.2, 0.25) is 25.4 Å². The summed E-state index contributed by atoms with van der Waals surface area (Å²) in [7, 11) is -2.76. The largest absolute Gasteiger partial charge is 0.319 e. The van der Waals surface area contributed by atoms with Gasteiger partial charge in [-0.1, -0.05) is 58.0 Å². The van der Waals surface area contributed by atoms with Gasteiger partial charge in [-0.2, -0.15) is 8.78 Å². The Morgan fingerprint density at radius 2 is 1.62 bits per heavy atom. The highest BCUT2D eigenvalue weighted by Crippen LogP contribution is 2.38. The Kier molecular flexibility index (Phi) is 5.39. The lowest BCUT2D eigenvalue weighted by Crippen LogP contribution is -2.11. The molecule has 1 aromatic heterocycles. The van der Waals surface area contributed by atoms with Crippen LogP contribution in [0.25, 0.3) is 5.69 Å². The molecular weight excluding hydrogens is 411 g/mol. The van der Waals surface area contributed by atoms with Gasteiger partial charge >= 0.3 is 5.76 Å². The molecule has 0 bridgehead atoms. The van der Waals surface area contributed by atoms with E-state index in [0.717, 1.165) is 4.57 Å². The van der Waals surface area contributed by atoms with Crippen molar-refractivity contribution in [3.8, 4) is 5.69 Å². The predicted molar refractivity (Wildman–Crippen MR) is 81.0 cm³/mol. The molecule has 114 valence electrons. The SMILES string of the molecule is O=S(c1nc(Cl)c(Cl)n1-c1c(Cl)cc(Cl)cc1Cl)C(F)F. The molecule has 0 saturated carbocycles. The summed E-state index contributed by atoms with van der Waals surface area (Å²) in [5.41, 5.74) is 0.0103. The molecule has 0 aliphatic carbocycles. The number of nitrogens with zero attached hydrogens (tertiary/aromatic N) is 2. The topological polar surface area (TPSA) is 34.9 Å². The molecule has 1 unspecified atom stereocenters. The van der Waals surface area contributed by atoms with Gasteiger partial charge in [0.2, 0.25) is 5.16 Å². The molecule has 0 saturated heterocycles. The molecule has 21 heavy (non-hydrogen) atoms. The van der Waals surface area contributed by atoms with Gasteiger partial charge in [-0.05, 0) is 12.1 Å². The normalized spacial score (nSPS) is 13.0. The molecule has 1 aromatic carbocycles. The zero-order valence-corrected chi connectivity index (χ0v) is 14.2. The third-order valence-electron chi connectivity index (χ3n) is 2.30. The van der Waals surface area contributed by atoms with E-state index in [4.69, 9.17) is 58.0 Å². The maximum atomic E-state index is 12.7. The molecule has 3 nitrogen and oxygen atoms in total. The van der Waals surface area contributed by atoms with E-state index in [9.17, 15) is 13.0 Å². The van der Waals surface area contributed by atoms with E-state index < -0.39 is 21.7 Å². The summed E-state index contributed by atoms with van der Waals surface area (Å²) in [5, 5.41) is -0.861. The highest BCUT2D eigenvalue weighted by atomic mass is 35.5. The van der Waals surface area contributed by atoms with Crippen LogP contribution in [0.5, 0.6) is 0 Å². The number of halogens is 7. The van der Waals surface area contributed by atoms with E-state index in [0.29, 0.717) is 0 Å². The molecule has 1 heterocycles. The third kappa shape index (κ3) is 3.30. The van der Waals surface area contributed by atoms with Gasteiger partial charge in [0.15, 0.2) is 21.1 Å². The number of hydrogen-bond donors (Lipinski definition) is 0. The molecule has 0 fully saturated rings. The molecule has 2 rings (SSSR count). The second-order valence-electron chi connectivity index (χ2n) is 3.59. The Balaban J connectivity index is 2.78. The van der Waals surface area contributed by atoms with Crippen molar-refractivity contribution in [2.24, 2.45) is 0 Å². The summed E-state index contributed by atoms with van der Waals surface area (Å²) in [6.07, 6.45) is 0. The molecule has 0 aliphatic heterocycles. The van der Waals surface area contributed by atoms with Gasteiger partial charge in [-0.25, -0.2) is 9.19 Å². The van der Waals surface area contributed by atoms with E-state index in [-0.39, 0.29) is 31.1 Å². The molecule has 0 N–H and O–H groups in total. The minimum Gasteiger partial charge on any atom is -0.271 e. The lowest BCUT2D eigenvalue weighted by molar-refractivity contribution is 0.243. The predicted octanol–water partition coefficient (Wildman–Crippen LogP) is 5.47. The monoisotopic (exact) mass is 412 g/mol. The molecule has 0 aliphatic rings. The first kappa shape index (κ1) is 17.2. The van der Waals surface area contributed by atoms with Gasteiger partial charge < -0.3 is 0 Å². The van der Waals surface area contributed by atoms with Crippen LogP contribution in [-0.4, -0.2) is 19.5 Å². The summed E-state index contributed by atoms with van der Waals surface area (Å²) >= 11 is 29.4. The minimum atomic E-state index is -3.18. The fourth-order valence-corrected chi connectivity index (χ4v) is 3.67. The average Bonchev–Trinajstić information content (AvgIpc) is 2.65. The Bertz CT molecular complexity index is 713. The van der Waals surface area contributed by atoms with Crippen molar-refractivity contribution in [1.29, 1.82) is 0 Å². The van der Waals surface area contributed by atoms with E-state index in [1.165, 1.54) is 12.1 Å². The highest BCUT2D eigenvalue weighted by molar-refractivity contribution is 7.85. The first-order valence-electron chi connectivity index (χ1n) is 5.01. The molecule has 0 spiro atoms. The number of rotatable bonds is 3. The summed E-state index contributed by atoms with van der Waals surface area (Å²) < 4.78 is 37.9. The number of benzene rings is 1. The Morgan fingerprint density at radius 1 is 1.10 bits per heavy atom. The smallest absolute Gasteiger partial charge is 0.271 e. The van der Waals surface area contributed by atoms with E-state index in [1.54, 1.807) is 0 Å². The number of aromatic nitrogens is 2. The van der Waals surface area contributed by atoms with Crippen LogP contribution >= 0.6 is 58.0 Å². The van der Waals surface area contributed by atoms with Crippen LogP contribution in [0, 0.1) is 0 Å². The van der Waals surface area contributed by atoms with E-state index in [1.807, 2.05) is 0 Å². The van der Waals surface area contributed by atoms with E-state index >= 15 is 0 Å². The lowest BCUT2D eigenvalue weighted by atomic mass is 10.3. The van der Waals surface area contributed by atoms with Crippen LogP contribution < -0.4 is 0 Å².